The zero-order valence-corrected chi connectivity index (χ0v) is 48.3. The first kappa shape index (κ1) is 69.5. The molecule has 0 aromatic heterocycles. The topological polar surface area (TPSA) is 108 Å². The fourth-order valence-electron chi connectivity index (χ4n) is 8.21. The molecule has 0 bridgehead atoms. The molecule has 0 aliphatic rings. The van der Waals surface area contributed by atoms with Gasteiger partial charge in [0.15, 0.2) is 6.10 Å². The van der Waals surface area contributed by atoms with Crippen LogP contribution in [-0.2, 0) is 32.7 Å². The van der Waals surface area contributed by atoms with Crippen LogP contribution in [0.3, 0.4) is 0 Å². The number of nitrogens with zero attached hydrogens (tertiary/aromatic N) is 1. The van der Waals surface area contributed by atoms with E-state index >= 15 is 0 Å². The molecular weight excluding hydrogens is 918 g/mol. The Morgan fingerprint density at radius 3 is 1.24 bits per heavy atom. The average Bonchev–Trinajstić information content (AvgIpc) is 3.34. The summed E-state index contributed by atoms with van der Waals surface area (Å²) >= 11 is 0. The van der Waals surface area contributed by atoms with Gasteiger partial charge in [0.25, 0.3) is 0 Å². The monoisotopic (exact) mass is 1030 g/mol. The number of hydrogen-bond donors (Lipinski definition) is 1. The summed E-state index contributed by atoms with van der Waals surface area (Å²) in [5.41, 5.74) is 0. The molecule has 0 fully saturated rings. The van der Waals surface area contributed by atoms with Gasteiger partial charge in [-0.05, 0) is 64.2 Å². The lowest BCUT2D eigenvalue weighted by molar-refractivity contribution is -0.870. The van der Waals surface area contributed by atoms with Gasteiger partial charge in [0, 0.05) is 6.42 Å². The predicted octanol–water partition coefficient (Wildman–Crippen LogP) is 18.5. The normalized spacial score (nSPS) is 13.8. The summed E-state index contributed by atoms with van der Waals surface area (Å²) in [6.45, 7) is 4.22. The Labute approximate surface area is 444 Å². The molecule has 9 nitrogen and oxygen atoms in total. The van der Waals surface area contributed by atoms with Gasteiger partial charge in [-0.15, -0.1) is 0 Å². The number of rotatable bonds is 54. The molecule has 10 heteroatoms. The van der Waals surface area contributed by atoms with Crippen molar-refractivity contribution in [1.29, 1.82) is 0 Å². The molecule has 0 radical (unpaired) electrons. The molecule has 0 aliphatic heterocycles. The first-order valence-corrected chi connectivity index (χ1v) is 31.2. The van der Waals surface area contributed by atoms with Crippen molar-refractivity contribution in [2.75, 3.05) is 47.5 Å². The van der Waals surface area contributed by atoms with E-state index < -0.39 is 26.5 Å². The molecule has 0 rings (SSSR count). The maximum Gasteiger partial charge on any atom is 0.472 e. The van der Waals surface area contributed by atoms with Crippen LogP contribution in [0, 0.1) is 0 Å². The van der Waals surface area contributed by atoms with E-state index in [9.17, 15) is 19.0 Å². The molecule has 72 heavy (non-hydrogen) atoms. The van der Waals surface area contributed by atoms with Crippen molar-refractivity contribution in [3.63, 3.8) is 0 Å². The molecule has 1 N–H and O–H groups in total. The van der Waals surface area contributed by atoms with Gasteiger partial charge in [-0.1, -0.05) is 254 Å². The first-order valence-electron chi connectivity index (χ1n) is 29.7. The van der Waals surface area contributed by atoms with Gasteiger partial charge in [-0.25, -0.2) is 4.57 Å². The van der Waals surface area contributed by atoms with Crippen molar-refractivity contribution < 1.29 is 42.1 Å². The second-order valence-corrected chi connectivity index (χ2v) is 22.5. The van der Waals surface area contributed by atoms with Crippen LogP contribution in [0.1, 0.15) is 258 Å². The maximum atomic E-state index is 12.7. The summed E-state index contributed by atoms with van der Waals surface area (Å²) in [6.07, 6.45) is 70.4. The highest BCUT2D eigenvalue weighted by molar-refractivity contribution is 7.47. The Bertz CT molecular complexity index is 1450. The van der Waals surface area contributed by atoms with Gasteiger partial charge in [0.05, 0.1) is 34.2 Å². The quantitative estimate of drug-likeness (QED) is 0.0211. The van der Waals surface area contributed by atoms with Gasteiger partial charge in [-0.3, -0.25) is 18.6 Å². The van der Waals surface area contributed by atoms with Gasteiger partial charge < -0.3 is 18.9 Å². The third-order valence-electron chi connectivity index (χ3n) is 12.8. The predicted molar refractivity (Wildman–Crippen MR) is 307 cm³/mol. The van der Waals surface area contributed by atoms with Crippen molar-refractivity contribution >= 4 is 19.8 Å². The number of likely N-dealkylation sites (N-methyl/N-ethyl adjacent to an activating group) is 1. The number of phosphoric acid groups is 1. The van der Waals surface area contributed by atoms with Crippen LogP contribution in [-0.4, -0.2) is 74.9 Å². The van der Waals surface area contributed by atoms with Crippen LogP contribution in [0.4, 0.5) is 0 Å². The highest BCUT2D eigenvalue weighted by Gasteiger charge is 2.27. The first-order chi connectivity index (χ1) is 35.0. The van der Waals surface area contributed by atoms with Crippen LogP contribution in [0.15, 0.2) is 72.9 Å². The second kappa shape index (κ2) is 53.3. The summed E-state index contributed by atoms with van der Waals surface area (Å²) in [5, 5.41) is 0. The van der Waals surface area contributed by atoms with Crippen molar-refractivity contribution in [1.82, 2.24) is 0 Å². The number of carbonyl (C=O) groups excluding carboxylic acids is 2. The van der Waals surface area contributed by atoms with Crippen LogP contribution < -0.4 is 0 Å². The summed E-state index contributed by atoms with van der Waals surface area (Å²) in [5.74, 6) is -0.940. The lowest BCUT2D eigenvalue weighted by atomic mass is 10.0. The van der Waals surface area contributed by atoms with E-state index in [1.54, 1.807) is 6.08 Å². The number of esters is 2. The number of carbonyl (C=O) groups is 2. The smallest absolute Gasteiger partial charge is 0.462 e. The van der Waals surface area contributed by atoms with E-state index in [-0.39, 0.29) is 32.0 Å². The number of quaternary nitrogens is 1. The fourth-order valence-corrected chi connectivity index (χ4v) is 8.95. The molecule has 0 spiro atoms. The van der Waals surface area contributed by atoms with Gasteiger partial charge in [0.2, 0.25) is 0 Å². The van der Waals surface area contributed by atoms with Crippen molar-refractivity contribution in [2.24, 2.45) is 0 Å². The van der Waals surface area contributed by atoms with Crippen LogP contribution >= 0.6 is 7.82 Å². The molecule has 0 saturated carbocycles. The van der Waals surface area contributed by atoms with E-state index in [0.717, 1.165) is 44.9 Å². The number of hydrogen-bond acceptors (Lipinski definition) is 7. The van der Waals surface area contributed by atoms with Crippen molar-refractivity contribution in [3.8, 4) is 0 Å². The highest BCUT2D eigenvalue weighted by Crippen LogP contribution is 2.43. The van der Waals surface area contributed by atoms with Crippen molar-refractivity contribution in [2.45, 2.75) is 264 Å². The molecule has 0 aromatic rings. The van der Waals surface area contributed by atoms with Crippen molar-refractivity contribution in [3.05, 3.63) is 72.9 Å². The Hall–Kier alpha value is -2.55. The SMILES string of the molecule is CC/C=C\C/C=C\C/C=C\C/C=C\C/C=C\CC(=O)OC(COC(=O)CCCCCCCCCCCCCCCCCCCCCCC/C=C\CCCCCCCCCC)COP(=O)(O)OCC[N+](C)(C)C. The van der Waals surface area contributed by atoms with Gasteiger partial charge >= 0.3 is 19.8 Å². The average molecular weight is 1030 g/mol. The molecule has 0 heterocycles. The zero-order valence-electron chi connectivity index (χ0n) is 47.4. The summed E-state index contributed by atoms with van der Waals surface area (Å²) < 4.78 is 34.3. The summed E-state index contributed by atoms with van der Waals surface area (Å²) in [4.78, 5) is 35.5. The molecule has 0 saturated heterocycles. The number of phosphoric ester groups is 1. The zero-order chi connectivity index (χ0) is 52.7. The third-order valence-corrected chi connectivity index (χ3v) is 13.7. The number of unbranched alkanes of at least 4 members (excludes halogenated alkanes) is 29. The Balaban J connectivity index is 4.04. The lowest BCUT2D eigenvalue weighted by Gasteiger charge is -2.24. The summed E-state index contributed by atoms with van der Waals surface area (Å²) in [7, 11) is 1.42. The second-order valence-electron chi connectivity index (χ2n) is 21.0. The molecule has 0 amide bonds. The molecule has 418 valence electrons. The molecule has 0 aliphatic carbocycles. The fraction of sp³-hybridized carbons (Fsp3) is 0.774. The highest BCUT2D eigenvalue weighted by atomic mass is 31.2. The standard InChI is InChI=1S/C62H112NO8P/c1-6-8-10-12-14-16-18-20-22-23-24-25-26-27-28-29-30-31-32-33-34-35-36-37-38-39-41-42-44-46-48-50-52-54-61(64)68-58-60(59-70-72(66,67)69-57-56-63(3,4)5)71-62(65)55-53-51-49-47-45-43-40-21-19-17-15-13-11-9-7-2/h9,11,15,17,21,23-24,40,45,47,51,53,60H,6-8,10,12-14,16,18-20,22,25-39,41-44,46,48-50,52,54-59H2,1-5H3/p+1/b11-9-,17-15-,24-23-,40-21-,47-45-,53-51-. The minimum absolute atomic E-state index is 0.00739. The van der Waals surface area contributed by atoms with Crippen LogP contribution in [0.2, 0.25) is 0 Å². The van der Waals surface area contributed by atoms with E-state index in [0.29, 0.717) is 17.4 Å². The Morgan fingerprint density at radius 2 is 0.833 bits per heavy atom. The molecular formula is C62H113NO8P+. The maximum absolute atomic E-state index is 12.7. The van der Waals surface area contributed by atoms with Gasteiger partial charge in [-0.2, -0.15) is 0 Å². The Morgan fingerprint density at radius 1 is 0.458 bits per heavy atom. The summed E-state index contributed by atoms with van der Waals surface area (Å²) in [6, 6.07) is 0. The minimum atomic E-state index is -4.41. The largest absolute Gasteiger partial charge is 0.472 e. The van der Waals surface area contributed by atoms with E-state index in [1.807, 2.05) is 33.3 Å². The Kier molecular flexibility index (Phi) is 51.4. The number of ether oxygens (including phenoxy) is 2. The minimum Gasteiger partial charge on any atom is -0.462 e. The lowest BCUT2D eigenvalue weighted by Crippen LogP contribution is -2.37. The van der Waals surface area contributed by atoms with Gasteiger partial charge in [0.1, 0.15) is 19.8 Å². The van der Waals surface area contributed by atoms with Crippen LogP contribution in [0.25, 0.3) is 0 Å². The number of allylic oxidation sites excluding steroid dienone is 11. The van der Waals surface area contributed by atoms with Crippen LogP contribution in [0.5, 0.6) is 0 Å². The molecule has 0 aromatic carbocycles. The molecule has 2 atom stereocenters. The van der Waals surface area contributed by atoms with E-state index in [4.69, 9.17) is 18.5 Å². The van der Waals surface area contributed by atoms with E-state index in [2.05, 4.69) is 68.5 Å². The molecule has 2 unspecified atom stereocenters. The van der Waals surface area contributed by atoms with E-state index in [1.165, 1.54) is 180 Å². The third kappa shape index (κ3) is 56.7.